The van der Waals surface area contributed by atoms with Crippen molar-refractivity contribution in [2.24, 2.45) is 0 Å². The summed E-state index contributed by atoms with van der Waals surface area (Å²) < 4.78 is 65.4. The molecule has 12 aromatic rings. The molecule has 0 bridgehead atoms. The Labute approximate surface area is 614 Å². The van der Waals surface area contributed by atoms with Gasteiger partial charge < -0.3 is 30.2 Å². The van der Waals surface area contributed by atoms with Gasteiger partial charge in [0.25, 0.3) is 0 Å². The monoisotopic (exact) mass is 1510 g/mol. The first kappa shape index (κ1) is 72.6. The standard InChI is InChI=1S/C25H27ClN6O2S.2C24H27ClN6O2S/c1-16(30-24-23-20(28-15-29-24)8-5-11-27-23)21-14-17-6-4-7-19(26)22(17)25(31-21)34-18-9-12-32(13-10-18)35(2,3)33;1-16(28-22-7-11-26-21-8-12-27-31(21)22)20-15-17-5-4-6-19(25)23(17)24(29-20)33-18-9-13-30(14-10-18)34(2,3)32;1-16(28-20-7-10-27-31-14-11-26-23(20)31)21-15-17-5-4-6-19(25)22(17)24(29-21)33-18-8-12-30(13-9-18)34(2,3)32/h4-8,11,14-16,18H,2,9-10,12-13H2,1,3H3,(H,28,29,30);4-8,11-12,15-16,18,28H,2,9-10,13-14H2,1,3H3;4-7,10-11,14-16,18,28H,2,8-9,12-13H2,1,3H3/t16-,35?;2*16-,34?/m000/s1. The molecule has 30 heteroatoms. The molecule has 3 aromatic carbocycles. The Hall–Kier alpha value is -8.77. The maximum atomic E-state index is 12.3. The van der Waals surface area contributed by atoms with Gasteiger partial charge in [0, 0.05) is 118 Å². The molecule has 0 amide bonds. The summed E-state index contributed by atoms with van der Waals surface area (Å²) >= 11 is 19.7. The summed E-state index contributed by atoms with van der Waals surface area (Å²) in [5.74, 6) is 14.4. The molecule has 103 heavy (non-hydrogen) atoms. The number of hydrogen-bond donors (Lipinski definition) is 3. The van der Waals surface area contributed by atoms with Gasteiger partial charge in [-0.15, -0.1) is 0 Å². The first-order valence-corrected chi connectivity index (χ1v) is 41.2. The fourth-order valence-electron chi connectivity index (χ4n) is 12.9. The molecule has 24 nitrogen and oxygen atoms in total. The maximum absolute atomic E-state index is 12.3. The molecule has 0 spiro atoms. The summed E-state index contributed by atoms with van der Waals surface area (Å²) in [6.07, 6.45) is 21.4. The van der Waals surface area contributed by atoms with E-state index in [0.717, 1.165) is 116 Å². The van der Waals surface area contributed by atoms with Crippen LogP contribution in [0.15, 0.2) is 147 Å². The van der Waals surface area contributed by atoms with Crippen molar-refractivity contribution in [3.8, 4) is 17.6 Å². The van der Waals surface area contributed by atoms with Crippen molar-refractivity contribution in [1.82, 2.24) is 72.0 Å². The van der Waals surface area contributed by atoms with Crippen molar-refractivity contribution in [3.63, 3.8) is 0 Å². The number of benzene rings is 3. The zero-order valence-electron chi connectivity index (χ0n) is 57.9. The third-order valence-electron chi connectivity index (χ3n) is 18.5. The fourth-order valence-corrected chi connectivity index (χ4v) is 16.7. The van der Waals surface area contributed by atoms with Gasteiger partial charge in [-0.1, -0.05) is 71.2 Å². The number of imidazole rings is 1. The molecule has 0 aliphatic carbocycles. The van der Waals surface area contributed by atoms with Crippen LogP contribution in [0.1, 0.15) is 94.5 Å². The van der Waals surface area contributed by atoms with E-state index in [0.29, 0.717) is 83.3 Å². The lowest BCUT2D eigenvalue weighted by Crippen LogP contribution is -2.41. The Kier molecular flexibility index (Phi) is 21.8. The molecule has 3 aliphatic rings. The van der Waals surface area contributed by atoms with Crippen molar-refractivity contribution in [2.45, 2.75) is 95.7 Å². The third kappa shape index (κ3) is 16.9. The highest BCUT2D eigenvalue weighted by atomic mass is 35.5. The minimum absolute atomic E-state index is 0.0340. The van der Waals surface area contributed by atoms with E-state index in [9.17, 15) is 12.6 Å². The van der Waals surface area contributed by atoms with Gasteiger partial charge in [-0.05, 0) is 154 Å². The van der Waals surface area contributed by atoms with E-state index in [4.69, 9.17) is 64.0 Å². The van der Waals surface area contributed by atoms with Gasteiger partial charge in [0.2, 0.25) is 17.6 Å². The van der Waals surface area contributed by atoms with Crippen molar-refractivity contribution in [2.75, 3.05) is 74.0 Å². The van der Waals surface area contributed by atoms with Crippen LogP contribution in [0.2, 0.25) is 15.1 Å². The maximum Gasteiger partial charge on any atom is 0.223 e. The number of nitrogens with one attached hydrogen (secondary N) is 3. The number of piperidine rings is 3. The van der Waals surface area contributed by atoms with E-state index in [1.165, 1.54) is 6.33 Å². The number of fused-ring (bicyclic) bond motifs is 6. The van der Waals surface area contributed by atoms with Gasteiger partial charge in [0.15, 0.2) is 17.1 Å². The Balaban J connectivity index is 0.000000138. The summed E-state index contributed by atoms with van der Waals surface area (Å²) in [5, 5.41) is 26.1. The lowest BCUT2D eigenvalue weighted by atomic mass is 10.1. The van der Waals surface area contributed by atoms with Gasteiger partial charge in [0.05, 0.1) is 90.0 Å². The van der Waals surface area contributed by atoms with Gasteiger partial charge in [-0.2, -0.15) is 14.7 Å². The van der Waals surface area contributed by atoms with Crippen LogP contribution < -0.4 is 30.2 Å². The number of nitrogens with zero attached hydrogens (tertiary/aromatic N) is 15. The topological polar surface area (TPSA) is 262 Å². The van der Waals surface area contributed by atoms with Crippen molar-refractivity contribution in [3.05, 3.63) is 179 Å². The van der Waals surface area contributed by atoms with E-state index in [2.05, 4.69) is 68.7 Å². The van der Waals surface area contributed by atoms with Crippen LogP contribution in [0.25, 0.3) is 54.6 Å². The summed E-state index contributed by atoms with van der Waals surface area (Å²) in [7, 11) is -6.61. The molecule has 3 N–H and O–H groups in total. The smallest absolute Gasteiger partial charge is 0.223 e. The number of anilines is 3. The second-order valence-corrected chi connectivity index (χ2v) is 34.8. The second-order valence-electron chi connectivity index (χ2n) is 26.3. The number of rotatable bonds is 18. The predicted octanol–water partition coefficient (Wildman–Crippen LogP) is 12.9. The Morgan fingerprint density at radius 3 is 1.42 bits per heavy atom. The Morgan fingerprint density at radius 2 is 0.942 bits per heavy atom. The highest BCUT2D eigenvalue weighted by Crippen LogP contribution is 2.39. The molecule has 3 unspecified atom stereocenters. The van der Waals surface area contributed by atoms with E-state index in [-0.39, 0.29) is 36.4 Å². The van der Waals surface area contributed by atoms with Gasteiger partial charge in [0.1, 0.15) is 36.0 Å². The highest BCUT2D eigenvalue weighted by molar-refractivity contribution is 7.98. The second kappa shape index (κ2) is 30.9. The van der Waals surface area contributed by atoms with Crippen LogP contribution in [0.5, 0.6) is 17.6 Å². The highest BCUT2D eigenvalue weighted by Gasteiger charge is 2.30. The molecule has 538 valence electrons. The number of pyridine rings is 4. The minimum atomic E-state index is -2.21. The number of hydrogen-bond acceptors (Lipinski definition) is 19. The number of aromatic nitrogens is 12. The molecule has 3 fully saturated rings. The van der Waals surface area contributed by atoms with E-state index >= 15 is 0 Å². The summed E-state index contributed by atoms with van der Waals surface area (Å²) in [6.45, 7) is 10.1. The molecule has 3 aliphatic heterocycles. The van der Waals surface area contributed by atoms with Gasteiger partial charge in [-0.25, -0.2) is 52.3 Å². The van der Waals surface area contributed by atoms with E-state index in [1.807, 2.05) is 143 Å². The quantitative estimate of drug-likeness (QED) is 0.0674. The molecule has 15 rings (SSSR count). The summed E-state index contributed by atoms with van der Waals surface area (Å²) in [5.41, 5.74) is 6.31. The molecular formula is C73H81Cl3N18O6S3. The number of halogens is 3. The zero-order valence-corrected chi connectivity index (χ0v) is 62.7. The van der Waals surface area contributed by atoms with Crippen LogP contribution in [0, 0.1) is 0 Å². The SMILES string of the molecule is C=S(C)(=O)N1CCC(Oc2nc([C@H](C)Nc3ccnc4ccnn34)cc3cccc(Cl)c23)CC1.C=S(C)(=O)N1CCC(Oc2nc([C@H](C)Nc3ccnn4ccnc34)cc3cccc(Cl)c23)CC1.C=S(C)(=O)N1CCC(Oc2nc([C@H](C)Nc3ncnc4cccnc34)cc3cccc(Cl)c23)CC1. The van der Waals surface area contributed by atoms with Crippen LogP contribution in [-0.4, -0.2) is 179 Å². The lowest BCUT2D eigenvalue weighted by molar-refractivity contribution is 0.133. The first-order chi connectivity index (χ1) is 49.4. The molecule has 0 saturated carbocycles. The van der Waals surface area contributed by atoms with Crippen molar-refractivity contribution in [1.29, 1.82) is 0 Å². The molecule has 3 saturated heterocycles. The lowest BCUT2D eigenvalue weighted by Gasteiger charge is -2.32. The third-order valence-corrected chi connectivity index (χ3v) is 23.8. The average molecular weight is 1510 g/mol. The van der Waals surface area contributed by atoms with Crippen LogP contribution in [0.4, 0.5) is 17.3 Å². The summed E-state index contributed by atoms with van der Waals surface area (Å²) in [6, 6.07) is 32.4. The van der Waals surface area contributed by atoms with Crippen LogP contribution in [0.3, 0.4) is 0 Å². The molecule has 12 heterocycles. The average Bonchev–Trinajstić information content (AvgIpc) is 1.15. The zero-order chi connectivity index (χ0) is 72.3. The van der Waals surface area contributed by atoms with E-state index < -0.39 is 29.1 Å². The first-order valence-electron chi connectivity index (χ1n) is 33.8. The Morgan fingerprint density at radius 1 is 0.485 bits per heavy atom. The molecule has 0 radical (unpaired) electrons. The van der Waals surface area contributed by atoms with Crippen molar-refractivity contribution >= 4 is 154 Å². The summed E-state index contributed by atoms with van der Waals surface area (Å²) in [4.78, 5) is 36.5. The molecule has 6 atom stereocenters. The largest absolute Gasteiger partial charge is 0.474 e. The van der Waals surface area contributed by atoms with Crippen molar-refractivity contribution < 1.29 is 26.8 Å². The minimum Gasteiger partial charge on any atom is -0.474 e. The number of ether oxygens (including phenoxy) is 3. The van der Waals surface area contributed by atoms with Crippen LogP contribution in [-0.2, 0) is 29.1 Å². The van der Waals surface area contributed by atoms with E-state index in [1.54, 1.807) is 58.8 Å². The Bertz CT molecular complexity index is 5220. The normalized spacial score (nSPS) is 18.0. The van der Waals surface area contributed by atoms with Gasteiger partial charge in [-0.3, -0.25) is 17.6 Å². The predicted molar refractivity (Wildman–Crippen MR) is 419 cm³/mol. The molecular weight excluding hydrogens is 1430 g/mol. The van der Waals surface area contributed by atoms with Crippen LogP contribution >= 0.6 is 34.8 Å². The molecule has 9 aromatic heterocycles. The fraction of sp³-hybridized carbons (Fsp3) is 0.329. The van der Waals surface area contributed by atoms with Gasteiger partial charge >= 0.3 is 0 Å².